The van der Waals surface area contributed by atoms with Crippen molar-refractivity contribution in [2.24, 2.45) is 0 Å². The lowest BCUT2D eigenvalue weighted by Gasteiger charge is -2.04. The molecular weight excluding hydrogens is 240 g/mol. The van der Waals surface area contributed by atoms with E-state index in [9.17, 15) is 4.79 Å². The quantitative estimate of drug-likeness (QED) is 0.749. The smallest absolute Gasteiger partial charge is 0.168 e. The SMILES string of the molecule is Cc1cc(Cl)ccc1C(=O)Cc1cccs1. The average molecular weight is 251 g/mol. The minimum atomic E-state index is 0.150. The van der Waals surface area contributed by atoms with Gasteiger partial charge >= 0.3 is 0 Å². The number of Topliss-reactive ketones (excluding diaryl/α,β-unsaturated/α-hetero) is 1. The molecule has 0 spiro atoms. The standard InChI is InChI=1S/C13H11ClOS/c1-9-7-10(14)4-5-12(9)13(15)8-11-3-2-6-16-11/h2-7H,8H2,1H3. The number of halogens is 1. The Balaban J connectivity index is 2.21. The first kappa shape index (κ1) is 11.4. The van der Waals surface area contributed by atoms with Crippen LogP contribution in [0.25, 0.3) is 0 Å². The van der Waals surface area contributed by atoms with Crippen LogP contribution in [-0.4, -0.2) is 5.78 Å². The number of hydrogen-bond donors (Lipinski definition) is 0. The van der Waals surface area contributed by atoms with Gasteiger partial charge in [-0.15, -0.1) is 11.3 Å². The number of aryl methyl sites for hydroxylation is 1. The number of carbonyl (C=O) groups is 1. The Morgan fingerprint density at radius 3 is 2.81 bits per heavy atom. The minimum absolute atomic E-state index is 0.150. The van der Waals surface area contributed by atoms with E-state index in [1.165, 1.54) is 0 Å². The molecule has 16 heavy (non-hydrogen) atoms. The molecule has 0 saturated heterocycles. The fourth-order valence-corrected chi connectivity index (χ4v) is 2.54. The summed E-state index contributed by atoms with van der Waals surface area (Å²) in [6.45, 7) is 1.91. The van der Waals surface area contributed by atoms with Crippen molar-refractivity contribution in [3.63, 3.8) is 0 Å². The Bertz CT molecular complexity index is 503. The van der Waals surface area contributed by atoms with Crippen LogP contribution in [0.15, 0.2) is 35.7 Å². The highest BCUT2D eigenvalue weighted by Crippen LogP contribution is 2.18. The molecule has 0 N–H and O–H groups in total. The van der Waals surface area contributed by atoms with Gasteiger partial charge in [-0.3, -0.25) is 4.79 Å². The first-order chi connectivity index (χ1) is 7.66. The van der Waals surface area contributed by atoms with Gasteiger partial charge in [0.25, 0.3) is 0 Å². The van der Waals surface area contributed by atoms with Crippen molar-refractivity contribution in [3.8, 4) is 0 Å². The molecule has 1 aromatic heterocycles. The zero-order chi connectivity index (χ0) is 11.5. The fourth-order valence-electron chi connectivity index (χ4n) is 1.61. The van der Waals surface area contributed by atoms with Gasteiger partial charge in [0.15, 0.2) is 5.78 Å². The van der Waals surface area contributed by atoms with Crippen molar-refractivity contribution < 1.29 is 4.79 Å². The summed E-state index contributed by atoms with van der Waals surface area (Å²) in [5, 5.41) is 2.65. The molecule has 0 aliphatic rings. The van der Waals surface area contributed by atoms with Crippen molar-refractivity contribution >= 4 is 28.7 Å². The molecule has 0 atom stereocenters. The molecule has 2 rings (SSSR count). The Labute approximate surface area is 104 Å². The maximum absolute atomic E-state index is 12.0. The lowest BCUT2D eigenvalue weighted by atomic mass is 10.0. The predicted molar refractivity (Wildman–Crippen MR) is 68.5 cm³/mol. The van der Waals surface area contributed by atoms with Gasteiger partial charge in [-0.25, -0.2) is 0 Å². The molecule has 1 nitrogen and oxygen atoms in total. The molecule has 0 fully saturated rings. The van der Waals surface area contributed by atoms with Crippen LogP contribution in [0.1, 0.15) is 20.8 Å². The maximum atomic E-state index is 12.0. The Kier molecular flexibility index (Phi) is 3.42. The second-order valence-corrected chi connectivity index (χ2v) is 5.11. The molecule has 0 bridgehead atoms. The number of thiophene rings is 1. The normalized spacial score (nSPS) is 10.4. The summed E-state index contributed by atoms with van der Waals surface area (Å²) in [6, 6.07) is 9.32. The Morgan fingerprint density at radius 1 is 1.38 bits per heavy atom. The molecule has 0 saturated carbocycles. The molecular formula is C13H11ClOS. The van der Waals surface area contributed by atoms with Crippen LogP contribution < -0.4 is 0 Å². The zero-order valence-corrected chi connectivity index (χ0v) is 10.4. The number of carbonyl (C=O) groups excluding carboxylic acids is 1. The highest BCUT2D eigenvalue weighted by atomic mass is 35.5. The van der Waals surface area contributed by atoms with Crippen LogP contribution in [0.3, 0.4) is 0 Å². The molecule has 1 heterocycles. The van der Waals surface area contributed by atoms with Crippen molar-refractivity contribution in [2.75, 3.05) is 0 Å². The molecule has 0 aliphatic carbocycles. The van der Waals surface area contributed by atoms with Gasteiger partial charge in [-0.1, -0.05) is 17.7 Å². The summed E-state index contributed by atoms with van der Waals surface area (Å²) in [5.74, 6) is 0.150. The molecule has 0 aliphatic heterocycles. The summed E-state index contributed by atoms with van der Waals surface area (Å²) in [6.07, 6.45) is 0.472. The monoisotopic (exact) mass is 250 g/mol. The second kappa shape index (κ2) is 4.81. The molecule has 0 unspecified atom stereocenters. The molecule has 1 aromatic carbocycles. The lowest BCUT2D eigenvalue weighted by Crippen LogP contribution is -2.04. The van der Waals surface area contributed by atoms with Crippen molar-refractivity contribution in [1.29, 1.82) is 0 Å². The van der Waals surface area contributed by atoms with Crippen molar-refractivity contribution in [1.82, 2.24) is 0 Å². The van der Waals surface area contributed by atoms with Gasteiger partial charge in [0.2, 0.25) is 0 Å². The largest absolute Gasteiger partial charge is 0.294 e. The highest BCUT2D eigenvalue weighted by Gasteiger charge is 2.10. The third-order valence-electron chi connectivity index (χ3n) is 2.40. The van der Waals surface area contributed by atoms with E-state index in [1.807, 2.05) is 30.5 Å². The van der Waals surface area contributed by atoms with Gasteiger partial charge in [0.05, 0.1) is 0 Å². The van der Waals surface area contributed by atoms with Gasteiger partial charge in [-0.2, -0.15) is 0 Å². The first-order valence-electron chi connectivity index (χ1n) is 4.98. The van der Waals surface area contributed by atoms with Gasteiger partial charge < -0.3 is 0 Å². The number of ketones is 1. The Hall–Kier alpha value is -1.12. The second-order valence-electron chi connectivity index (χ2n) is 3.64. The van der Waals surface area contributed by atoms with Crippen molar-refractivity contribution in [3.05, 3.63) is 56.7 Å². The van der Waals surface area contributed by atoms with Gasteiger partial charge in [0.1, 0.15) is 0 Å². The van der Waals surface area contributed by atoms with E-state index >= 15 is 0 Å². The predicted octanol–water partition coefficient (Wildman–Crippen LogP) is 4.14. The number of benzene rings is 1. The van der Waals surface area contributed by atoms with E-state index in [-0.39, 0.29) is 5.78 Å². The van der Waals surface area contributed by atoms with Crippen molar-refractivity contribution in [2.45, 2.75) is 13.3 Å². The maximum Gasteiger partial charge on any atom is 0.168 e. The van der Waals surface area contributed by atoms with E-state index in [4.69, 9.17) is 11.6 Å². The van der Waals surface area contributed by atoms with E-state index in [0.717, 1.165) is 16.0 Å². The zero-order valence-electron chi connectivity index (χ0n) is 8.87. The third kappa shape index (κ3) is 2.52. The van der Waals surface area contributed by atoms with Crippen LogP contribution in [0.2, 0.25) is 5.02 Å². The van der Waals surface area contributed by atoms with Crippen LogP contribution >= 0.6 is 22.9 Å². The van der Waals surface area contributed by atoms with Crippen LogP contribution in [-0.2, 0) is 6.42 Å². The Morgan fingerprint density at radius 2 is 2.19 bits per heavy atom. The van der Waals surface area contributed by atoms with Gasteiger partial charge in [0, 0.05) is 21.9 Å². The third-order valence-corrected chi connectivity index (χ3v) is 3.52. The van der Waals surface area contributed by atoms with Crippen LogP contribution in [0.4, 0.5) is 0 Å². The lowest BCUT2D eigenvalue weighted by molar-refractivity contribution is 0.0993. The molecule has 3 heteroatoms. The average Bonchev–Trinajstić information content (AvgIpc) is 2.70. The van der Waals surface area contributed by atoms with E-state index in [2.05, 4.69) is 0 Å². The summed E-state index contributed by atoms with van der Waals surface area (Å²) in [7, 11) is 0. The van der Waals surface area contributed by atoms with Crippen LogP contribution in [0.5, 0.6) is 0 Å². The summed E-state index contributed by atoms with van der Waals surface area (Å²) < 4.78 is 0. The topological polar surface area (TPSA) is 17.1 Å². The van der Waals surface area contributed by atoms with Gasteiger partial charge in [-0.05, 0) is 42.1 Å². The first-order valence-corrected chi connectivity index (χ1v) is 6.24. The molecule has 82 valence electrons. The highest BCUT2D eigenvalue weighted by molar-refractivity contribution is 7.10. The summed E-state index contributed by atoms with van der Waals surface area (Å²) in [5.41, 5.74) is 1.70. The fraction of sp³-hybridized carbons (Fsp3) is 0.154. The summed E-state index contributed by atoms with van der Waals surface area (Å²) in [4.78, 5) is 13.1. The van der Waals surface area contributed by atoms with E-state index in [1.54, 1.807) is 23.5 Å². The summed E-state index contributed by atoms with van der Waals surface area (Å²) >= 11 is 7.46. The molecule has 0 amide bonds. The molecule has 2 aromatic rings. The van der Waals surface area contributed by atoms with E-state index in [0.29, 0.717) is 11.4 Å². The molecule has 0 radical (unpaired) electrons. The number of hydrogen-bond acceptors (Lipinski definition) is 2. The van der Waals surface area contributed by atoms with Crippen LogP contribution in [0, 0.1) is 6.92 Å². The van der Waals surface area contributed by atoms with E-state index < -0.39 is 0 Å². The number of rotatable bonds is 3. The minimum Gasteiger partial charge on any atom is -0.294 e.